The van der Waals surface area contributed by atoms with Gasteiger partial charge in [0.05, 0.1) is 24.8 Å². The first-order chi connectivity index (χ1) is 9.11. The maximum atomic E-state index is 9.61. The second-order valence-corrected chi connectivity index (χ2v) is 5.20. The van der Waals surface area contributed by atoms with Gasteiger partial charge in [0.2, 0.25) is 0 Å². The van der Waals surface area contributed by atoms with E-state index >= 15 is 0 Å². The van der Waals surface area contributed by atoms with Gasteiger partial charge in [-0.3, -0.25) is 0 Å². The van der Waals surface area contributed by atoms with Gasteiger partial charge in [0.1, 0.15) is 0 Å². The number of hydrogen-bond acceptors (Lipinski definition) is 3. The third kappa shape index (κ3) is 3.35. The predicted molar refractivity (Wildman–Crippen MR) is 77.0 cm³/mol. The van der Waals surface area contributed by atoms with Crippen LogP contribution >= 0.6 is 0 Å². The van der Waals surface area contributed by atoms with Gasteiger partial charge < -0.3 is 20.1 Å². The molecule has 1 aromatic heterocycles. The van der Waals surface area contributed by atoms with Crippen molar-refractivity contribution in [2.45, 2.75) is 39.1 Å². The molecule has 19 heavy (non-hydrogen) atoms. The third-order valence-electron chi connectivity index (χ3n) is 3.19. The molecule has 0 saturated carbocycles. The number of aromatic nitrogens is 1. The standard InChI is InChI=1S/C15H22N2O2/c1-11(2)16-8-13-5-3-4-12-6-7-17(15(12)13)9-14(19)10-18/h3-7,11,14,16,18-19H,8-10H2,1-2H3. The molecule has 1 atom stereocenters. The van der Waals surface area contributed by atoms with E-state index < -0.39 is 6.10 Å². The molecule has 0 radical (unpaired) electrons. The SMILES string of the molecule is CC(C)NCc1cccc2ccn(CC(O)CO)c12. The van der Waals surface area contributed by atoms with Gasteiger partial charge in [-0.2, -0.15) is 0 Å². The number of rotatable bonds is 6. The molecule has 2 aromatic rings. The fourth-order valence-corrected chi connectivity index (χ4v) is 2.23. The van der Waals surface area contributed by atoms with E-state index in [-0.39, 0.29) is 6.61 Å². The predicted octanol–water partition coefficient (Wildman–Crippen LogP) is 1.49. The maximum absolute atomic E-state index is 9.61. The van der Waals surface area contributed by atoms with Crippen molar-refractivity contribution in [2.24, 2.45) is 0 Å². The Morgan fingerprint density at radius 1 is 1.26 bits per heavy atom. The van der Waals surface area contributed by atoms with Gasteiger partial charge in [-0.1, -0.05) is 32.0 Å². The molecule has 0 aliphatic rings. The maximum Gasteiger partial charge on any atom is 0.0949 e. The van der Waals surface area contributed by atoms with Gasteiger partial charge in [0, 0.05) is 18.8 Å². The fourth-order valence-electron chi connectivity index (χ4n) is 2.23. The molecule has 1 unspecified atom stereocenters. The van der Waals surface area contributed by atoms with Crippen LogP contribution < -0.4 is 5.32 Å². The van der Waals surface area contributed by atoms with Crippen LogP contribution in [-0.4, -0.2) is 33.5 Å². The van der Waals surface area contributed by atoms with Gasteiger partial charge >= 0.3 is 0 Å². The Kier molecular flexibility index (Phi) is 4.58. The summed E-state index contributed by atoms with van der Waals surface area (Å²) in [5.41, 5.74) is 2.34. The molecule has 2 rings (SSSR count). The molecule has 4 heteroatoms. The highest BCUT2D eigenvalue weighted by atomic mass is 16.3. The summed E-state index contributed by atoms with van der Waals surface area (Å²) in [7, 11) is 0. The van der Waals surface area contributed by atoms with E-state index in [4.69, 9.17) is 5.11 Å². The highest BCUT2D eigenvalue weighted by Crippen LogP contribution is 2.21. The largest absolute Gasteiger partial charge is 0.394 e. The average Bonchev–Trinajstić information content (AvgIpc) is 2.80. The van der Waals surface area contributed by atoms with E-state index in [1.807, 2.05) is 22.9 Å². The molecule has 104 valence electrons. The first-order valence-corrected chi connectivity index (χ1v) is 6.71. The Labute approximate surface area is 113 Å². The van der Waals surface area contributed by atoms with E-state index in [1.54, 1.807) is 0 Å². The summed E-state index contributed by atoms with van der Waals surface area (Å²) in [4.78, 5) is 0. The van der Waals surface area contributed by atoms with Crippen molar-refractivity contribution in [3.63, 3.8) is 0 Å². The Balaban J connectivity index is 2.32. The van der Waals surface area contributed by atoms with E-state index in [9.17, 15) is 5.11 Å². The molecule has 0 spiro atoms. The monoisotopic (exact) mass is 262 g/mol. The molecule has 0 amide bonds. The zero-order valence-electron chi connectivity index (χ0n) is 11.5. The molecule has 1 heterocycles. The molecular weight excluding hydrogens is 240 g/mol. The van der Waals surface area contributed by atoms with Crippen LogP contribution in [0.2, 0.25) is 0 Å². The molecule has 0 fully saturated rings. The van der Waals surface area contributed by atoms with Crippen molar-refractivity contribution < 1.29 is 10.2 Å². The Morgan fingerprint density at radius 2 is 2.05 bits per heavy atom. The minimum Gasteiger partial charge on any atom is -0.394 e. The number of nitrogens with zero attached hydrogens (tertiary/aromatic N) is 1. The number of nitrogens with one attached hydrogen (secondary N) is 1. The van der Waals surface area contributed by atoms with E-state index in [2.05, 4.69) is 31.3 Å². The molecule has 0 bridgehead atoms. The lowest BCUT2D eigenvalue weighted by molar-refractivity contribution is 0.0822. The summed E-state index contributed by atoms with van der Waals surface area (Å²) in [6, 6.07) is 8.68. The van der Waals surface area contributed by atoms with Gasteiger partial charge in [0.15, 0.2) is 0 Å². The first-order valence-electron chi connectivity index (χ1n) is 6.71. The van der Waals surface area contributed by atoms with Gasteiger partial charge in [-0.25, -0.2) is 0 Å². The molecule has 0 aliphatic carbocycles. The highest BCUT2D eigenvalue weighted by Gasteiger charge is 2.10. The number of fused-ring (bicyclic) bond motifs is 1. The van der Waals surface area contributed by atoms with Crippen LogP contribution in [0.5, 0.6) is 0 Å². The minimum absolute atomic E-state index is 0.216. The van der Waals surface area contributed by atoms with Gasteiger partial charge in [-0.05, 0) is 17.0 Å². The van der Waals surface area contributed by atoms with Crippen molar-refractivity contribution in [2.75, 3.05) is 6.61 Å². The third-order valence-corrected chi connectivity index (χ3v) is 3.19. The molecule has 1 aromatic carbocycles. The Bertz CT molecular complexity index is 534. The zero-order chi connectivity index (χ0) is 13.8. The van der Waals surface area contributed by atoms with Crippen molar-refractivity contribution in [1.82, 2.24) is 9.88 Å². The minimum atomic E-state index is -0.721. The quantitative estimate of drug-likeness (QED) is 0.739. The number of para-hydroxylation sites is 1. The van der Waals surface area contributed by atoms with Gasteiger partial charge in [-0.15, -0.1) is 0 Å². The summed E-state index contributed by atoms with van der Waals surface area (Å²) in [5, 5.41) is 23.2. The summed E-state index contributed by atoms with van der Waals surface area (Å²) in [5.74, 6) is 0. The second kappa shape index (κ2) is 6.19. The van der Waals surface area contributed by atoms with Crippen LogP contribution in [0.25, 0.3) is 10.9 Å². The number of aliphatic hydroxyl groups excluding tert-OH is 2. The summed E-state index contributed by atoms with van der Waals surface area (Å²) in [6.07, 6.45) is 1.24. The summed E-state index contributed by atoms with van der Waals surface area (Å²) in [6.45, 7) is 5.24. The average molecular weight is 262 g/mol. The number of hydrogen-bond donors (Lipinski definition) is 3. The molecule has 3 N–H and O–H groups in total. The van der Waals surface area contributed by atoms with E-state index in [1.165, 1.54) is 5.56 Å². The van der Waals surface area contributed by atoms with Crippen LogP contribution in [0.3, 0.4) is 0 Å². The van der Waals surface area contributed by atoms with Crippen LogP contribution in [0.1, 0.15) is 19.4 Å². The fraction of sp³-hybridized carbons (Fsp3) is 0.467. The smallest absolute Gasteiger partial charge is 0.0949 e. The molecule has 0 saturated heterocycles. The molecular formula is C15H22N2O2. The second-order valence-electron chi connectivity index (χ2n) is 5.20. The topological polar surface area (TPSA) is 57.4 Å². The lowest BCUT2D eigenvalue weighted by Crippen LogP contribution is -2.23. The highest BCUT2D eigenvalue weighted by molar-refractivity contribution is 5.83. The number of benzene rings is 1. The van der Waals surface area contributed by atoms with Crippen LogP contribution in [0.15, 0.2) is 30.5 Å². The number of aliphatic hydroxyl groups is 2. The van der Waals surface area contributed by atoms with Crippen molar-refractivity contribution in [1.29, 1.82) is 0 Å². The first kappa shape index (κ1) is 14.1. The molecule has 4 nitrogen and oxygen atoms in total. The Morgan fingerprint density at radius 3 is 2.74 bits per heavy atom. The summed E-state index contributed by atoms with van der Waals surface area (Å²) < 4.78 is 2.01. The van der Waals surface area contributed by atoms with Crippen LogP contribution in [0.4, 0.5) is 0 Å². The van der Waals surface area contributed by atoms with Crippen molar-refractivity contribution >= 4 is 10.9 Å². The van der Waals surface area contributed by atoms with Crippen molar-refractivity contribution in [3.05, 3.63) is 36.0 Å². The van der Waals surface area contributed by atoms with Gasteiger partial charge in [0.25, 0.3) is 0 Å². The van der Waals surface area contributed by atoms with E-state index in [0.29, 0.717) is 12.6 Å². The zero-order valence-corrected chi connectivity index (χ0v) is 11.5. The van der Waals surface area contributed by atoms with E-state index in [0.717, 1.165) is 17.4 Å². The van der Waals surface area contributed by atoms with Crippen molar-refractivity contribution in [3.8, 4) is 0 Å². The normalized spacial score (nSPS) is 13.3. The molecule has 0 aliphatic heterocycles. The summed E-state index contributed by atoms with van der Waals surface area (Å²) >= 11 is 0. The lowest BCUT2D eigenvalue weighted by Gasteiger charge is -2.14. The lowest BCUT2D eigenvalue weighted by atomic mass is 10.1. The van der Waals surface area contributed by atoms with Crippen LogP contribution in [0, 0.1) is 0 Å². The van der Waals surface area contributed by atoms with Crippen LogP contribution in [-0.2, 0) is 13.1 Å². The Hall–Kier alpha value is -1.36.